The highest BCUT2D eigenvalue weighted by molar-refractivity contribution is 5.94. The van der Waals surface area contributed by atoms with Gasteiger partial charge in [-0.25, -0.2) is 9.59 Å². The monoisotopic (exact) mass is 470 g/mol. The predicted octanol–water partition coefficient (Wildman–Crippen LogP) is 5.09. The second kappa shape index (κ2) is 8.91. The highest BCUT2D eigenvalue weighted by atomic mass is 16.5. The molecule has 0 aliphatic heterocycles. The highest BCUT2D eigenvalue weighted by Crippen LogP contribution is 2.44. The van der Waals surface area contributed by atoms with Crippen LogP contribution in [0.3, 0.4) is 0 Å². The minimum atomic E-state index is -1.01. The number of amides is 2. The summed E-state index contributed by atoms with van der Waals surface area (Å²) in [5.74, 6) is -1.28. The topological polar surface area (TPSA) is 105 Å². The summed E-state index contributed by atoms with van der Waals surface area (Å²) >= 11 is 0. The number of alkyl carbamates (subject to hydrolysis) is 1. The Bertz CT molecular complexity index is 1280. The fourth-order valence-corrected chi connectivity index (χ4v) is 4.84. The summed E-state index contributed by atoms with van der Waals surface area (Å²) in [7, 11) is 0. The number of ether oxygens (including phenoxy) is 1. The lowest BCUT2D eigenvalue weighted by atomic mass is 9.98. The Morgan fingerprint density at radius 2 is 1.60 bits per heavy atom. The second-order valence-corrected chi connectivity index (χ2v) is 9.29. The van der Waals surface area contributed by atoms with Gasteiger partial charge < -0.3 is 20.5 Å². The second-order valence-electron chi connectivity index (χ2n) is 9.29. The Morgan fingerprint density at radius 3 is 2.17 bits per heavy atom. The van der Waals surface area contributed by atoms with Crippen molar-refractivity contribution < 1.29 is 24.2 Å². The number of hydrogen-bond donors (Lipinski definition) is 3. The van der Waals surface area contributed by atoms with E-state index in [1.807, 2.05) is 24.3 Å². The molecule has 7 heteroatoms. The van der Waals surface area contributed by atoms with Crippen LogP contribution >= 0.6 is 0 Å². The average Bonchev–Trinajstić information content (AvgIpc) is 3.49. The lowest BCUT2D eigenvalue weighted by Crippen LogP contribution is -2.40. The molecule has 2 amide bonds. The van der Waals surface area contributed by atoms with Crippen molar-refractivity contribution in [3.05, 3.63) is 89.0 Å². The molecule has 2 aliphatic rings. The maximum absolute atomic E-state index is 12.6. The Morgan fingerprint density at radius 1 is 0.971 bits per heavy atom. The molecule has 0 heterocycles. The van der Waals surface area contributed by atoms with Crippen LogP contribution < -0.4 is 10.6 Å². The number of carboxylic acid groups (broad SMARTS) is 1. The first kappa shape index (κ1) is 22.7. The summed E-state index contributed by atoms with van der Waals surface area (Å²) in [4.78, 5) is 36.4. The number of aromatic carboxylic acids is 1. The van der Waals surface area contributed by atoms with E-state index in [2.05, 4.69) is 34.9 Å². The number of anilines is 1. The average molecular weight is 471 g/mol. The van der Waals surface area contributed by atoms with Crippen molar-refractivity contribution in [3.8, 4) is 11.1 Å². The van der Waals surface area contributed by atoms with Crippen LogP contribution in [0, 0.1) is 6.92 Å². The minimum absolute atomic E-state index is 0.0244. The molecule has 3 aromatic rings. The largest absolute Gasteiger partial charge is 0.478 e. The van der Waals surface area contributed by atoms with Gasteiger partial charge in [-0.1, -0.05) is 48.5 Å². The minimum Gasteiger partial charge on any atom is -0.478 e. The SMILES string of the molecule is Cc1cc(NC(=O)CC2(NC(=O)OCC3c4ccccc4-c4ccccc43)CC2)ccc1C(=O)O. The maximum Gasteiger partial charge on any atom is 0.407 e. The van der Waals surface area contributed by atoms with Crippen molar-refractivity contribution in [3.63, 3.8) is 0 Å². The van der Waals surface area contributed by atoms with E-state index in [0.717, 1.165) is 11.1 Å². The third-order valence-electron chi connectivity index (χ3n) is 6.80. The molecule has 0 aromatic heterocycles. The van der Waals surface area contributed by atoms with E-state index < -0.39 is 17.6 Å². The van der Waals surface area contributed by atoms with Crippen LogP contribution in [0.5, 0.6) is 0 Å². The normalized spacial score (nSPS) is 15.0. The molecular formula is C28H26N2O5. The molecule has 0 radical (unpaired) electrons. The van der Waals surface area contributed by atoms with Crippen molar-refractivity contribution in [1.29, 1.82) is 0 Å². The van der Waals surface area contributed by atoms with Crippen LogP contribution in [0.2, 0.25) is 0 Å². The summed E-state index contributed by atoms with van der Waals surface area (Å²) in [5, 5.41) is 14.8. The smallest absolute Gasteiger partial charge is 0.407 e. The standard InChI is InChI=1S/C28H26N2O5/c1-17-14-18(10-11-19(17)26(32)33)29-25(31)15-28(12-13-28)30-27(34)35-16-24-22-8-4-2-6-20(22)21-7-3-5-9-23(21)24/h2-11,14,24H,12-13,15-16H2,1H3,(H,29,31)(H,30,34)(H,32,33). The molecule has 35 heavy (non-hydrogen) atoms. The van der Waals surface area contributed by atoms with Gasteiger partial charge in [0.1, 0.15) is 6.61 Å². The van der Waals surface area contributed by atoms with Crippen LogP contribution in [0.1, 0.15) is 52.2 Å². The van der Waals surface area contributed by atoms with Crippen molar-refractivity contribution in [2.45, 2.75) is 37.6 Å². The lowest BCUT2D eigenvalue weighted by molar-refractivity contribution is -0.116. The molecule has 7 nitrogen and oxygen atoms in total. The first-order valence-electron chi connectivity index (χ1n) is 11.6. The number of rotatable bonds is 7. The van der Waals surface area contributed by atoms with E-state index in [1.54, 1.807) is 19.1 Å². The highest BCUT2D eigenvalue weighted by Gasteiger charge is 2.46. The van der Waals surface area contributed by atoms with Crippen LogP contribution in [0.4, 0.5) is 10.5 Å². The molecule has 5 rings (SSSR count). The van der Waals surface area contributed by atoms with Crippen molar-refractivity contribution in [2.24, 2.45) is 0 Å². The number of carboxylic acids is 1. The van der Waals surface area contributed by atoms with E-state index in [4.69, 9.17) is 9.84 Å². The fraction of sp³-hybridized carbons (Fsp3) is 0.250. The zero-order valence-corrected chi connectivity index (χ0v) is 19.3. The first-order valence-corrected chi connectivity index (χ1v) is 11.6. The Hall–Kier alpha value is -4.13. The number of carbonyl (C=O) groups is 3. The van der Waals surface area contributed by atoms with Crippen LogP contribution in [-0.4, -0.2) is 35.2 Å². The molecule has 0 unspecified atom stereocenters. The maximum atomic E-state index is 12.6. The zero-order valence-electron chi connectivity index (χ0n) is 19.3. The van der Waals surface area contributed by atoms with Gasteiger partial charge >= 0.3 is 12.1 Å². The lowest BCUT2D eigenvalue weighted by Gasteiger charge is -2.19. The Kier molecular flexibility index (Phi) is 5.76. The molecular weight excluding hydrogens is 444 g/mol. The van der Waals surface area contributed by atoms with E-state index >= 15 is 0 Å². The van der Waals surface area contributed by atoms with Crippen LogP contribution in [0.25, 0.3) is 11.1 Å². The van der Waals surface area contributed by atoms with Gasteiger partial charge in [-0.05, 0) is 65.8 Å². The van der Waals surface area contributed by atoms with Gasteiger partial charge in [0.05, 0.1) is 17.5 Å². The summed E-state index contributed by atoms with van der Waals surface area (Å²) in [6.45, 7) is 1.90. The Labute approximate surface area is 203 Å². The van der Waals surface area contributed by atoms with Gasteiger partial charge in [0.25, 0.3) is 0 Å². The van der Waals surface area contributed by atoms with Gasteiger partial charge in [-0.15, -0.1) is 0 Å². The van der Waals surface area contributed by atoms with Gasteiger partial charge in [0.15, 0.2) is 0 Å². The van der Waals surface area contributed by atoms with Gasteiger partial charge in [-0.2, -0.15) is 0 Å². The van der Waals surface area contributed by atoms with Crippen molar-refractivity contribution in [1.82, 2.24) is 5.32 Å². The van der Waals surface area contributed by atoms with Crippen molar-refractivity contribution in [2.75, 3.05) is 11.9 Å². The first-order chi connectivity index (χ1) is 16.8. The Balaban J connectivity index is 1.18. The van der Waals surface area contributed by atoms with Gasteiger partial charge in [-0.3, -0.25) is 4.79 Å². The molecule has 0 bridgehead atoms. The summed E-state index contributed by atoms with van der Waals surface area (Å²) < 4.78 is 5.63. The molecule has 178 valence electrons. The molecule has 3 aromatic carbocycles. The number of benzene rings is 3. The number of fused-ring (bicyclic) bond motifs is 3. The molecule has 0 saturated heterocycles. The molecule has 2 aliphatic carbocycles. The van der Waals surface area contributed by atoms with E-state index in [-0.39, 0.29) is 30.4 Å². The van der Waals surface area contributed by atoms with Crippen molar-refractivity contribution >= 4 is 23.7 Å². The molecule has 3 N–H and O–H groups in total. The number of aryl methyl sites for hydroxylation is 1. The number of nitrogens with one attached hydrogen (secondary N) is 2. The van der Waals surface area contributed by atoms with E-state index in [1.165, 1.54) is 17.2 Å². The predicted molar refractivity (Wildman–Crippen MR) is 132 cm³/mol. The fourth-order valence-electron chi connectivity index (χ4n) is 4.84. The molecule has 0 atom stereocenters. The van der Waals surface area contributed by atoms with Crippen LogP contribution in [-0.2, 0) is 9.53 Å². The summed E-state index contributed by atoms with van der Waals surface area (Å²) in [5.41, 5.74) is 5.29. The number of carbonyl (C=O) groups excluding carboxylic acids is 2. The van der Waals surface area contributed by atoms with Gasteiger partial charge in [0.2, 0.25) is 5.91 Å². The van der Waals surface area contributed by atoms with Crippen LogP contribution in [0.15, 0.2) is 66.7 Å². The van der Waals surface area contributed by atoms with E-state index in [9.17, 15) is 14.4 Å². The zero-order chi connectivity index (χ0) is 24.6. The number of hydrogen-bond acceptors (Lipinski definition) is 4. The molecule has 1 fully saturated rings. The quantitative estimate of drug-likeness (QED) is 0.446. The molecule has 1 saturated carbocycles. The van der Waals surface area contributed by atoms with Gasteiger partial charge in [0, 0.05) is 11.6 Å². The van der Waals surface area contributed by atoms with E-state index in [0.29, 0.717) is 24.1 Å². The summed E-state index contributed by atoms with van der Waals surface area (Å²) in [6, 6.07) is 21.0. The third kappa shape index (κ3) is 4.62. The third-order valence-corrected chi connectivity index (χ3v) is 6.80. The summed E-state index contributed by atoms with van der Waals surface area (Å²) in [6.07, 6.45) is 0.985. The molecule has 0 spiro atoms.